The predicted molar refractivity (Wildman–Crippen MR) is 353 cm³/mol. The molecule has 0 spiro atoms. The topological polar surface area (TPSA) is 36.0 Å². The Hall–Kier alpha value is -10.9. The van der Waals surface area contributed by atoms with Crippen LogP contribution in [0.3, 0.4) is 0 Å². The molecule has 2 aromatic heterocycles. The molecular weight excluding hydrogens is 1010 g/mol. The normalized spacial score (nSPS) is 12.2. The second-order valence-electron chi connectivity index (χ2n) is 20.7. The van der Waals surface area contributed by atoms with E-state index in [-0.39, 0.29) is 0 Å². The lowest BCUT2D eigenvalue weighted by Gasteiger charge is -2.33. The van der Waals surface area contributed by atoms with E-state index >= 15 is 0 Å². The average Bonchev–Trinajstić information content (AvgIpc) is 4.32. The summed E-state index contributed by atoms with van der Waals surface area (Å²) < 4.78 is 12.8. The lowest BCUT2D eigenvalue weighted by Crippen LogP contribution is -2.19. The Labute approximate surface area is 484 Å². The first-order valence-electron chi connectivity index (χ1n) is 28.0. The van der Waals surface area contributed by atoms with Crippen LogP contribution in [0.25, 0.3) is 82.5 Å². The van der Waals surface area contributed by atoms with Crippen LogP contribution in [0.4, 0.5) is 39.8 Å². The third-order valence-electron chi connectivity index (χ3n) is 15.5. The number of allylic oxidation sites excluding steroid dienone is 10. The van der Waals surface area contributed by atoms with Gasteiger partial charge in [0, 0.05) is 72.3 Å². The molecule has 0 N–H and O–H groups in total. The second-order valence-corrected chi connectivity index (χ2v) is 20.7. The molecule has 0 bridgehead atoms. The van der Waals surface area contributed by atoms with E-state index in [0.717, 1.165) is 139 Å². The molecule has 5 heteroatoms. The quantitative estimate of drug-likeness (QED) is 0.0901. The van der Waals surface area contributed by atoms with Gasteiger partial charge in [-0.3, -0.25) is 0 Å². The van der Waals surface area contributed by atoms with E-state index in [1.807, 2.05) is 42.5 Å². The Morgan fingerprint density at radius 3 is 1.64 bits per heavy atom. The number of benzene rings is 11. The number of hydrogen-bond donors (Lipinski definition) is 0. The third kappa shape index (κ3) is 10.1. The van der Waals surface area contributed by atoms with Crippen molar-refractivity contribution in [1.29, 1.82) is 0 Å². The highest BCUT2D eigenvalue weighted by Gasteiger charge is 2.24. The number of rotatable bonds is 16. The van der Waals surface area contributed by atoms with Crippen LogP contribution in [-0.4, -0.2) is 0 Å². The Bertz CT molecular complexity index is 4670. The molecule has 0 amide bonds. The van der Waals surface area contributed by atoms with Gasteiger partial charge in [-0.1, -0.05) is 213 Å². The molecule has 83 heavy (non-hydrogen) atoms. The van der Waals surface area contributed by atoms with Gasteiger partial charge in [-0.25, -0.2) is 0 Å². The molecule has 0 aliphatic heterocycles. The zero-order valence-corrected chi connectivity index (χ0v) is 46.4. The molecule has 0 unspecified atom stereocenters. The van der Waals surface area contributed by atoms with E-state index in [1.165, 1.54) is 0 Å². The number of furan rings is 2. The van der Waals surface area contributed by atoms with Gasteiger partial charge in [-0.15, -0.1) is 0 Å². The molecule has 0 aliphatic carbocycles. The van der Waals surface area contributed by atoms with E-state index in [0.29, 0.717) is 0 Å². The lowest BCUT2D eigenvalue weighted by atomic mass is 10.0. The molecule has 5 nitrogen and oxygen atoms in total. The first kappa shape index (κ1) is 51.6. The highest BCUT2D eigenvalue weighted by Crippen LogP contribution is 2.47. The van der Waals surface area contributed by atoms with Crippen molar-refractivity contribution in [2.75, 3.05) is 14.7 Å². The smallest absolute Gasteiger partial charge is 0.143 e. The molecule has 11 aromatic carbocycles. The van der Waals surface area contributed by atoms with E-state index in [4.69, 9.17) is 8.83 Å². The van der Waals surface area contributed by atoms with Crippen LogP contribution < -0.4 is 14.7 Å². The molecule has 0 radical (unpaired) electrons. The van der Waals surface area contributed by atoms with Gasteiger partial charge in [0.25, 0.3) is 0 Å². The molecular formula is C78H59N3O2. The van der Waals surface area contributed by atoms with Crippen molar-refractivity contribution in [1.82, 2.24) is 0 Å². The molecule has 0 aliphatic rings. The molecule has 13 rings (SSSR count). The second kappa shape index (κ2) is 22.7. The number of hydrogen-bond acceptors (Lipinski definition) is 5. The zero-order valence-electron chi connectivity index (χ0n) is 46.4. The fourth-order valence-electron chi connectivity index (χ4n) is 11.5. The van der Waals surface area contributed by atoms with Gasteiger partial charge in [-0.05, 0) is 144 Å². The maximum atomic E-state index is 6.59. The molecule has 0 fully saturated rings. The largest absolute Gasteiger partial charge is 0.456 e. The minimum absolute atomic E-state index is 0.850. The maximum Gasteiger partial charge on any atom is 0.143 e. The molecule has 0 saturated heterocycles. The summed E-state index contributed by atoms with van der Waals surface area (Å²) in [7, 11) is 0. The van der Waals surface area contributed by atoms with E-state index in [1.54, 1.807) is 6.08 Å². The van der Waals surface area contributed by atoms with Gasteiger partial charge in [-0.2, -0.15) is 0 Å². The highest BCUT2D eigenvalue weighted by molar-refractivity contribution is 6.10. The minimum Gasteiger partial charge on any atom is -0.456 e. The van der Waals surface area contributed by atoms with Gasteiger partial charge in [0.1, 0.15) is 22.3 Å². The van der Waals surface area contributed by atoms with Crippen LogP contribution >= 0.6 is 0 Å². The van der Waals surface area contributed by atoms with Crippen LogP contribution in [0.2, 0.25) is 0 Å². The van der Waals surface area contributed by atoms with Crippen molar-refractivity contribution in [3.8, 4) is 22.3 Å². The summed E-state index contributed by atoms with van der Waals surface area (Å²) >= 11 is 0. The fraction of sp³-hybridized carbons (Fsp3) is 0.0256. The van der Waals surface area contributed by atoms with Crippen LogP contribution in [0.15, 0.2) is 331 Å². The summed E-state index contributed by atoms with van der Waals surface area (Å²) in [6.07, 6.45) is 14.3. The molecule has 2 heterocycles. The first-order valence-corrected chi connectivity index (χ1v) is 28.0. The minimum atomic E-state index is 0.850. The van der Waals surface area contributed by atoms with E-state index in [9.17, 15) is 0 Å². The third-order valence-corrected chi connectivity index (χ3v) is 15.5. The Kier molecular flexibility index (Phi) is 14.1. The van der Waals surface area contributed by atoms with Crippen molar-refractivity contribution in [3.63, 3.8) is 0 Å². The number of fused-ring (bicyclic) bond motifs is 7. The number of nitrogens with zero attached hydrogens (tertiary/aromatic N) is 3. The van der Waals surface area contributed by atoms with Crippen molar-refractivity contribution >= 4 is 100 Å². The van der Waals surface area contributed by atoms with Gasteiger partial charge >= 0.3 is 0 Å². The molecule has 0 saturated carbocycles. The van der Waals surface area contributed by atoms with E-state index in [2.05, 4.69) is 290 Å². The number of anilines is 7. The lowest BCUT2D eigenvalue weighted by molar-refractivity contribution is 0.669. The summed E-state index contributed by atoms with van der Waals surface area (Å²) in [5.41, 5.74) is 18.8. The van der Waals surface area contributed by atoms with Crippen LogP contribution in [-0.2, 0) is 0 Å². The monoisotopic (exact) mass is 1070 g/mol. The van der Waals surface area contributed by atoms with Gasteiger partial charge in [0.15, 0.2) is 0 Å². The molecule has 13 aromatic rings. The van der Waals surface area contributed by atoms with Crippen molar-refractivity contribution < 1.29 is 8.83 Å². The summed E-state index contributed by atoms with van der Waals surface area (Å²) in [6, 6.07) is 90.4. The Morgan fingerprint density at radius 2 is 0.916 bits per heavy atom. The summed E-state index contributed by atoms with van der Waals surface area (Å²) in [6.45, 7) is 12.7. The van der Waals surface area contributed by atoms with Gasteiger partial charge in [0.2, 0.25) is 0 Å². The SMILES string of the molecule is C=C/C=C\C=C(/C)N(c1ccccc1)c1cc(N(/C(C)=C/C=C(\C=C)c2ccc3oc4ccccc4c3c2)c2ccc(-c3cccc4c3oc3ccccc34)cc2)cc(N(c2ccc(-c3ccccc3)cc2)c2cccc3ccccc23)c1. The average molecular weight is 1070 g/mol. The van der Waals surface area contributed by atoms with Crippen molar-refractivity contribution in [3.05, 3.63) is 327 Å². The summed E-state index contributed by atoms with van der Waals surface area (Å²) in [5.74, 6) is 0. The molecule has 398 valence electrons. The van der Waals surface area contributed by atoms with Crippen LogP contribution in [0, 0.1) is 0 Å². The summed E-state index contributed by atoms with van der Waals surface area (Å²) in [5, 5.41) is 6.62. The Balaban J connectivity index is 1.04. The fourth-order valence-corrected chi connectivity index (χ4v) is 11.5. The van der Waals surface area contributed by atoms with Gasteiger partial charge in [0.05, 0.1) is 11.4 Å². The number of para-hydroxylation sites is 4. The molecule has 0 atom stereocenters. The van der Waals surface area contributed by atoms with Crippen LogP contribution in [0.1, 0.15) is 19.4 Å². The first-order chi connectivity index (χ1) is 40.9. The zero-order chi connectivity index (χ0) is 56.2. The summed E-state index contributed by atoms with van der Waals surface area (Å²) in [4.78, 5) is 7.10. The van der Waals surface area contributed by atoms with Crippen molar-refractivity contribution in [2.45, 2.75) is 13.8 Å². The van der Waals surface area contributed by atoms with Gasteiger partial charge < -0.3 is 23.5 Å². The van der Waals surface area contributed by atoms with E-state index < -0.39 is 0 Å². The van der Waals surface area contributed by atoms with Crippen molar-refractivity contribution in [2.24, 2.45) is 0 Å². The Morgan fingerprint density at radius 1 is 0.373 bits per heavy atom. The maximum absolute atomic E-state index is 6.59. The standard InChI is InChI=1S/C78H59N3O2/c1-5-7-10-23-54(3)79(62-28-13-9-14-29-62)65-51-66(53-67(52-65)81(74-35-21-27-59-26-15-16-30-68(59)74)64-45-40-58(41-46-64)57-24-11-8-12-25-57)80(55(4)38-39-56(6-2)61-44-49-77-73(50-61)71-32-18-19-36-75(71)82-77)63-47-42-60(43-48-63)69-33-22-34-72-70-31-17-20-37-76(70)83-78(69)72/h5-53H,1-2H2,3-4H3/b10-7-,54-23+,55-38+,56-39+. The van der Waals surface area contributed by atoms with Crippen LogP contribution in [0.5, 0.6) is 0 Å². The highest BCUT2D eigenvalue weighted by atomic mass is 16.3. The predicted octanol–water partition coefficient (Wildman–Crippen LogP) is 22.5.